The van der Waals surface area contributed by atoms with Gasteiger partial charge in [-0.25, -0.2) is 0 Å². The SMILES string of the molecule is CC(=O)O[C@@H]1C(=O)C2[C@@]3(C)C(=O)C(O)CC(C)C3C[C@H]3OC(=O)C[C@@H](C1C)[C@@]23C. The van der Waals surface area contributed by atoms with Gasteiger partial charge in [0.15, 0.2) is 17.7 Å². The van der Waals surface area contributed by atoms with Crippen molar-refractivity contribution in [3.8, 4) is 0 Å². The van der Waals surface area contributed by atoms with E-state index in [1.54, 1.807) is 6.92 Å². The highest BCUT2D eigenvalue weighted by atomic mass is 16.6. The normalized spacial score (nSPS) is 51.6. The lowest BCUT2D eigenvalue weighted by atomic mass is 9.38. The number of aliphatic hydroxyl groups is 1. The molecule has 0 aromatic heterocycles. The van der Waals surface area contributed by atoms with Crippen molar-refractivity contribution in [2.45, 2.75) is 72.2 Å². The molecule has 4 rings (SSSR count). The van der Waals surface area contributed by atoms with E-state index in [0.717, 1.165) is 0 Å². The van der Waals surface area contributed by atoms with Crippen LogP contribution in [0.3, 0.4) is 0 Å². The molecule has 7 nitrogen and oxygen atoms in total. The molecule has 0 bridgehead atoms. The van der Waals surface area contributed by atoms with E-state index in [-0.39, 0.29) is 47.6 Å². The fraction of sp³-hybridized carbons (Fsp3) is 0.818. The molecule has 0 aromatic rings. The highest BCUT2D eigenvalue weighted by Crippen LogP contribution is 2.67. The summed E-state index contributed by atoms with van der Waals surface area (Å²) in [6, 6.07) is 0. The van der Waals surface area contributed by atoms with Crippen LogP contribution < -0.4 is 0 Å². The minimum Gasteiger partial charge on any atom is -0.462 e. The van der Waals surface area contributed by atoms with E-state index < -0.39 is 41.0 Å². The van der Waals surface area contributed by atoms with E-state index in [0.29, 0.717) is 12.8 Å². The summed E-state index contributed by atoms with van der Waals surface area (Å²) in [4.78, 5) is 51.3. The van der Waals surface area contributed by atoms with Crippen molar-refractivity contribution in [3.63, 3.8) is 0 Å². The number of carbonyl (C=O) groups excluding carboxylic acids is 4. The number of hydrogen-bond acceptors (Lipinski definition) is 7. The van der Waals surface area contributed by atoms with Gasteiger partial charge in [-0.2, -0.15) is 0 Å². The molecule has 1 aliphatic heterocycles. The zero-order valence-electron chi connectivity index (χ0n) is 17.6. The Kier molecular flexibility index (Phi) is 4.50. The molecule has 29 heavy (non-hydrogen) atoms. The summed E-state index contributed by atoms with van der Waals surface area (Å²) in [5.41, 5.74) is -1.82. The van der Waals surface area contributed by atoms with Crippen molar-refractivity contribution in [3.05, 3.63) is 0 Å². The number of aliphatic hydroxyl groups excluding tert-OH is 1. The van der Waals surface area contributed by atoms with E-state index in [9.17, 15) is 24.3 Å². The van der Waals surface area contributed by atoms with Gasteiger partial charge >= 0.3 is 11.9 Å². The standard InChI is InChI=1S/C22H30O7/c1-9-6-14(24)20(27)22(5)12(9)7-15-21(4)13(8-16(25)29-15)10(2)18(28-11(3)23)17(26)19(21)22/h9-10,12-15,18-19,24H,6-8H2,1-5H3/t9?,10?,12?,13-,14?,15+,18-,19?,21+,22-/m0/s1. The molecule has 10 atom stereocenters. The number of carbonyl (C=O) groups is 4. The maximum atomic E-state index is 13.8. The zero-order chi connectivity index (χ0) is 21.5. The van der Waals surface area contributed by atoms with Crippen molar-refractivity contribution < 1.29 is 33.8 Å². The first-order valence-corrected chi connectivity index (χ1v) is 10.6. The zero-order valence-corrected chi connectivity index (χ0v) is 17.6. The molecule has 7 heteroatoms. The van der Waals surface area contributed by atoms with Crippen LogP contribution in [0, 0.1) is 40.4 Å². The lowest BCUT2D eigenvalue weighted by Gasteiger charge is -2.66. The van der Waals surface area contributed by atoms with E-state index in [4.69, 9.17) is 9.47 Å². The lowest BCUT2D eigenvalue weighted by Crippen LogP contribution is -2.73. The number of hydrogen-bond donors (Lipinski definition) is 1. The molecule has 4 fully saturated rings. The molecule has 160 valence electrons. The first kappa shape index (κ1) is 20.5. The molecule has 0 aromatic carbocycles. The third-order valence-corrected chi connectivity index (χ3v) is 8.70. The van der Waals surface area contributed by atoms with Crippen molar-refractivity contribution >= 4 is 23.5 Å². The first-order chi connectivity index (χ1) is 13.4. The quantitative estimate of drug-likeness (QED) is 0.660. The molecule has 0 spiro atoms. The van der Waals surface area contributed by atoms with Crippen LogP contribution >= 0.6 is 0 Å². The minimum atomic E-state index is -1.12. The van der Waals surface area contributed by atoms with Crippen LogP contribution in [0.5, 0.6) is 0 Å². The second-order valence-corrected chi connectivity index (χ2v) is 10.1. The van der Waals surface area contributed by atoms with Crippen molar-refractivity contribution in [1.29, 1.82) is 0 Å². The molecular formula is C22H30O7. The number of fused-ring (bicyclic) bond motifs is 2. The number of Topliss-reactive ketones (excluding diaryl/α,β-unsaturated/α-hetero) is 2. The van der Waals surface area contributed by atoms with E-state index in [1.807, 2.05) is 20.8 Å². The van der Waals surface area contributed by atoms with Crippen molar-refractivity contribution in [1.82, 2.24) is 0 Å². The molecule has 4 aliphatic rings. The molecule has 0 amide bonds. The summed E-state index contributed by atoms with van der Waals surface area (Å²) in [5, 5.41) is 10.5. The van der Waals surface area contributed by atoms with Crippen LogP contribution in [0.2, 0.25) is 0 Å². The van der Waals surface area contributed by atoms with Crippen molar-refractivity contribution in [2.75, 3.05) is 0 Å². The van der Waals surface area contributed by atoms with Crippen LogP contribution in [0.4, 0.5) is 0 Å². The third kappa shape index (κ3) is 2.52. The second-order valence-electron chi connectivity index (χ2n) is 10.1. The Bertz CT molecular complexity index is 790. The predicted molar refractivity (Wildman–Crippen MR) is 100 cm³/mol. The number of ketones is 2. The number of ether oxygens (including phenoxy) is 2. The van der Waals surface area contributed by atoms with Gasteiger partial charge in [0.2, 0.25) is 0 Å². The lowest BCUT2D eigenvalue weighted by molar-refractivity contribution is -0.247. The van der Waals surface area contributed by atoms with Gasteiger partial charge in [0, 0.05) is 36.0 Å². The Hall–Kier alpha value is -1.76. The Morgan fingerprint density at radius 1 is 1.14 bits per heavy atom. The Morgan fingerprint density at radius 3 is 2.41 bits per heavy atom. The average Bonchev–Trinajstić information content (AvgIpc) is 2.62. The first-order valence-electron chi connectivity index (χ1n) is 10.6. The van der Waals surface area contributed by atoms with Gasteiger partial charge in [-0.05, 0) is 30.6 Å². The maximum Gasteiger partial charge on any atom is 0.306 e. The van der Waals surface area contributed by atoms with Crippen LogP contribution in [0.1, 0.15) is 53.9 Å². The van der Waals surface area contributed by atoms with Crippen LogP contribution in [-0.2, 0) is 28.7 Å². The molecule has 5 unspecified atom stereocenters. The Labute approximate surface area is 170 Å². The molecule has 1 saturated heterocycles. The average molecular weight is 406 g/mol. The number of esters is 2. The summed E-state index contributed by atoms with van der Waals surface area (Å²) in [7, 11) is 0. The fourth-order valence-electron chi connectivity index (χ4n) is 7.47. The molecule has 3 aliphatic carbocycles. The predicted octanol–water partition coefficient (Wildman–Crippen LogP) is 1.69. The summed E-state index contributed by atoms with van der Waals surface area (Å²) in [6.07, 6.45) is -1.61. The van der Waals surface area contributed by atoms with Gasteiger partial charge < -0.3 is 14.6 Å². The van der Waals surface area contributed by atoms with Crippen LogP contribution in [-0.4, -0.2) is 46.9 Å². The largest absolute Gasteiger partial charge is 0.462 e. The molecule has 1 heterocycles. The highest BCUT2D eigenvalue weighted by molar-refractivity contribution is 5.99. The van der Waals surface area contributed by atoms with Gasteiger partial charge in [-0.3, -0.25) is 19.2 Å². The van der Waals surface area contributed by atoms with Crippen LogP contribution in [0.15, 0.2) is 0 Å². The summed E-state index contributed by atoms with van der Waals surface area (Å²) in [6.45, 7) is 8.80. The van der Waals surface area contributed by atoms with Gasteiger partial charge in [-0.1, -0.05) is 27.7 Å². The summed E-state index contributed by atoms with van der Waals surface area (Å²) < 4.78 is 11.2. The van der Waals surface area contributed by atoms with Gasteiger partial charge in [-0.15, -0.1) is 0 Å². The minimum absolute atomic E-state index is 0.00402. The van der Waals surface area contributed by atoms with Gasteiger partial charge in [0.05, 0.1) is 0 Å². The Morgan fingerprint density at radius 2 is 1.79 bits per heavy atom. The third-order valence-electron chi connectivity index (χ3n) is 8.70. The van der Waals surface area contributed by atoms with Crippen molar-refractivity contribution in [2.24, 2.45) is 40.4 Å². The molecule has 3 saturated carbocycles. The summed E-state index contributed by atoms with van der Waals surface area (Å²) >= 11 is 0. The number of rotatable bonds is 1. The monoisotopic (exact) mass is 406 g/mol. The van der Waals surface area contributed by atoms with E-state index in [2.05, 4.69) is 0 Å². The van der Waals surface area contributed by atoms with E-state index >= 15 is 0 Å². The van der Waals surface area contributed by atoms with E-state index in [1.165, 1.54) is 6.92 Å². The van der Waals surface area contributed by atoms with Gasteiger partial charge in [0.1, 0.15) is 12.2 Å². The topological polar surface area (TPSA) is 107 Å². The molecule has 1 N–H and O–H groups in total. The molecular weight excluding hydrogens is 376 g/mol. The maximum absolute atomic E-state index is 13.8. The fourth-order valence-corrected chi connectivity index (χ4v) is 7.47. The summed E-state index contributed by atoms with van der Waals surface area (Å²) in [5.74, 6) is -3.04. The Balaban J connectivity index is 1.91. The second kappa shape index (κ2) is 6.37. The van der Waals surface area contributed by atoms with Crippen LogP contribution in [0.25, 0.3) is 0 Å². The highest BCUT2D eigenvalue weighted by Gasteiger charge is 2.74. The van der Waals surface area contributed by atoms with Gasteiger partial charge in [0.25, 0.3) is 0 Å². The smallest absolute Gasteiger partial charge is 0.306 e. The molecule has 0 radical (unpaired) electrons.